The Bertz CT molecular complexity index is 6060. The van der Waals surface area contributed by atoms with Gasteiger partial charge in [-0.2, -0.15) is 0 Å². The third-order valence-corrected chi connectivity index (χ3v) is 23.9. The molecule has 2 aliphatic rings. The van der Waals surface area contributed by atoms with Crippen LogP contribution in [0.4, 0.5) is 17.1 Å². The van der Waals surface area contributed by atoms with Crippen LogP contribution in [0, 0.1) is 0 Å². The molecule has 4 nitrogen and oxygen atoms in total. The Kier molecular flexibility index (Phi) is 17.0. The standard InChI is InChI=1S/C106H105BN2O2/c1-100(2,3)72-42-47-88-83(60-72)84-61-73(101(4,5)6)43-48-89(84)108(88)92-56-69(53-85-80-39-31-32-40-93(80)110-98(85)92)70-55-91-96-94(57-70)111-99-87(46-44-79(95(99)66-37-29-24-30-38-66)71-51-76(104(13,14)15)59-77(52-71)105(16,17)18)107(96)86-45-41-67(68-49-74(102(7,8)9)58-75(50-68)103(10,11)12)54-90(86)109(91)97-81(64-33-25-22-26-34-64)62-78(106(19,20)21)63-82(97)65-35-27-23-28-36-65/h22-63H,1-21H3. The fourth-order valence-corrected chi connectivity index (χ4v) is 17.2. The molecule has 0 N–H and O–H groups in total. The van der Waals surface area contributed by atoms with Gasteiger partial charge in [0.2, 0.25) is 0 Å². The SMILES string of the molecule is CC(C)(C)c1cc(-c2ccc3c(c2)N(c2c(-c4ccccc4)cc(C(C)(C)C)cc2-c2ccccc2)c2cc(-c4cc(-n5c6ccc(C(C)(C)C)cc6c6cc(C(C)(C)C)ccc65)c5oc6ccccc6c5c4)cc4c2B3c2ccc(-c3cc(C(C)(C)C)cc(C(C)(C)C)c3)c(-c3ccccc3)c2O4)cc(C(C)(C)C)c1. The van der Waals surface area contributed by atoms with Crippen LogP contribution in [0.1, 0.15) is 184 Å². The highest BCUT2D eigenvalue weighted by atomic mass is 16.5. The highest BCUT2D eigenvalue weighted by Gasteiger charge is 2.45. The maximum absolute atomic E-state index is 8.29. The van der Waals surface area contributed by atoms with Crippen LogP contribution in [0.3, 0.4) is 0 Å². The molecule has 111 heavy (non-hydrogen) atoms. The maximum Gasteiger partial charge on any atom is 0.256 e. The molecule has 0 saturated carbocycles. The minimum atomic E-state index is -0.291. The Morgan fingerprint density at radius 3 is 1.23 bits per heavy atom. The van der Waals surface area contributed by atoms with Gasteiger partial charge in [0.05, 0.1) is 22.4 Å². The summed E-state index contributed by atoms with van der Waals surface area (Å²) in [7, 11) is 0. The maximum atomic E-state index is 8.29. The minimum Gasteiger partial charge on any atom is -0.458 e. The zero-order chi connectivity index (χ0) is 78.1. The van der Waals surface area contributed by atoms with Gasteiger partial charge in [0.15, 0.2) is 5.58 Å². The number of para-hydroxylation sites is 1. The van der Waals surface area contributed by atoms with Crippen LogP contribution < -0.4 is 26.0 Å². The molecule has 0 fully saturated rings. The van der Waals surface area contributed by atoms with E-state index in [0.717, 1.165) is 134 Å². The quantitative estimate of drug-likeness (QED) is 0.142. The topological polar surface area (TPSA) is 30.5 Å². The molecular weight excluding hydrogens is 1340 g/mol. The lowest BCUT2D eigenvalue weighted by molar-refractivity contribution is 0.489. The Morgan fingerprint density at radius 1 is 0.279 bits per heavy atom. The first kappa shape index (κ1) is 73.0. The van der Waals surface area contributed by atoms with Crippen molar-refractivity contribution in [1.29, 1.82) is 0 Å². The number of rotatable bonds is 8. The van der Waals surface area contributed by atoms with Gasteiger partial charge in [0.25, 0.3) is 6.71 Å². The van der Waals surface area contributed by atoms with Gasteiger partial charge < -0.3 is 18.6 Å². The summed E-state index contributed by atoms with van der Waals surface area (Å²) in [6.45, 7) is 48.8. The van der Waals surface area contributed by atoms with E-state index in [2.05, 4.69) is 410 Å². The molecule has 2 aromatic heterocycles. The molecule has 554 valence electrons. The molecule has 2 aliphatic heterocycles. The first-order valence-electron chi connectivity index (χ1n) is 40.1. The smallest absolute Gasteiger partial charge is 0.256 e. The molecule has 5 heteroatoms. The average molecular weight is 1450 g/mol. The number of furan rings is 1. The van der Waals surface area contributed by atoms with E-state index in [1.807, 2.05) is 0 Å². The number of ether oxygens (including phenoxy) is 1. The fourth-order valence-electron chi connectivity index (χ4n) is 17.2. The minimum absolute atomic E-state index is 0.0809. The van der Waals surface area contributed by atoms with E-state index in [1.165, 1.54) is 66.3 Å². The van der Waals surface area contributed by atoms with Crippen molar-refractivity contribution in [3.05, 3.63) is 294 Å². The number of benzene rings is 13. The van der Waals surface area contributed by atoms with E-state index in [4.69, 9.17) is 9.15 Å². The van der Waals surface area contributed by atoms with Gasteiger partial charge in [-0.1, -0.05) is 327 Å². The molecule has 0 atom stereocenters. The zero-order valence-electron chi connectivity index (χ0n) is 69.0. The van der Waals surface area contributed by atoms with Gasteiger partial charge in [-0.15, -0.1) is 0 Å². The molecule has 4 heterocycles. The van der Waals surface area contributed by atoms with Crippen molar-refractivity contribution < 1.29 is 9.15 Å². The lowest BCUT2D eigenvalue weighted by atomic mass is 9.34. The largest absolute Gasteiger partial charge is 0.458 e. The van der Waals surface area contributed by atoms with Gasteiger partial charge in [0, 0.05) is 49.6 Å². The molecule has 0 amide bonds. The summed E-state index contributed by atoms with van der Waals surface area (Å²) in [6, 6.07) is 98.0. The number of hydrogen-bond donors (Lipinski definition) is 0. The molecule has 0 spiro atoms. The van der Waals surface area contributed by atoms with Crippen LogP contribution in [0.15, 0.2) is 259 Å². The lowest BCUT2D eigenvalue weighted by Crippen LogP contribution is -2.59. The monoisotopic (exact) mass is 1450 g/mol. The third-order valence-electron chi connectivity index (χ3n) is 23.9. The predicted octanol–water partition coefficient (Wildman–Crippen LogP) is 28.2. The molecule has 0 unspecified atom stereocenters. The summed E-state index contributed by atoms with van der Waals surface area (Å²) in [5, 5.41) is 4.54. The second-order valence-corrected chi connectivity index (χ2v) is 39.1. The molecule has 0 aliphatic carbocycles. The normalized spacial score (nSPS) is 13.5. The summed E-state index contributed by atoms with van der Waals surface area (Å²) < 4.78 is 18.1. The van der Waals surface area contributed by atoms with E-state index >= 15 is 0 Å². The Morgan fingerprint density at radius 2 is 0.712 bits per heavy atom. The van der Waals surface area contributed by atoms with Crippen LogP contribution in [0.5, 0.6) is 11.5 Å². The first-order chi connectivity index (χ1) is 52.4. The number of aromatic nitrogens is 1. The van der Waals surface area contributed by atoms with Crippen molar-refractivity contribution in [2.24, 2.45) is 0 Å². The average Bonchev–Trinajstić information content (AvgIpc) is 1.19. The van der Waals surface area contributed by atoms with Crippen molar-refractivity contribution in [1.82, 2.24) is 4.57 Å². The third kappa shape index (κ3) is 12.8. The highest BCUT2D eigenvalue weighted by Crippen LogP contribution is 2.55. The van der Waals surface area contributed by atoms with E-state index < -0.39 is 0 Å². The predicted molar refractivity (Wildman–Crippen MR) is 477 cm³/mol. The van der Waals surface area contributed by atoms with Gasteiger partial charge >= 0.3 is 0 Å². The molecular formula is C106H105BN2O2. The van der Waals surface area contributed by atoms with Gasteiger partial charge in [-0.25, -0.2) is 0 Å². The second-order valence-electron chi connectivity index (χ2n) is 39.1. The Balaban J connectivity index is 1.04. The van der Waals surface area contributed by atoms with Crippen molar-refractivity contribution in [2.75, 3.05) is 4.90 Å². The van der Waals surface area contributed by atoms with E-state index in [1.54, 1.807) is 0 Å². The molecule has 0 saturated heterocycles. The van der Waals surface area contributed by atoms with Crippen LogP contribution in [0.2, 0.25) is 0 Å². The summed E-state index contributed by atoms with van der Waals surface area (Å²) in [5.41, 5.74) is 33.3. The summed E-state index contributed by atoms with van der Waals surface area (Å²) in [4.78, 5) is 2.68. The summed E-state index contributed by atoms with van der Waals surface area (Å²) >= 11 is 0. The van der Waals surface area contributed by atoms with Gasteiger partial charge in [0.1, 0.15) is 17.1 Å². The zero-order valence-corrected chi connectivity index (χ0v) is 69.0. The Labute approximate surface area is 659 Å². The summed E-state index contributed by atoms with van der Waals surface area (Å²) in [5.74, 6) is 1.68. The van der Waals surface area contributed by atoms with Crippen LogP contribution in [-0.2, 0) is 37.9 Å². The van der Waals surface area contributed by atoms with Gasteiger partial charge in [-0.3, -0.25) is 0 Å². The van der Waals surface area contributed by atoms with Crippen molar-refractivity contribution in [3.63, 3.8) is 0 Å². The van der Waals surface area contributed by atoms with E-state index in [0.29, 0.717) is 0 Å². The number of nitrogens with zero attached hydrogens (tertiary/aromatic N) is 2. The highest BCUT2D eigenvalue weighted by molar-refractivity contribution is 6.99. The summed E-state index contributed by atoms with van der Waals surface area (Å²) in [6.07, 6.45) is 0. The van der Waals surface area contributed by atoms with Crippen LogP contribution in [0.25, 0.3) is 116 Å². The molecule has 17 rings (SSSR count). The Hall–Kier alpha value is -10.9. The number of hydrogen-bond acceptors (Lipinski definition) is 3. The molecule has 13 aromatic carbocycles. The number of anilines is 3. The van der Waals surface area contributed by atoms with Crippen LogP contribution >= 0.6 is 0 Å². The van der Waals surface area contributed by atoms with Gasteiger partial charge in [-0.05, 0) is 216 Å². The second kappa shape index (κ2) is 25.9. The molecule has 0 bridgehead atoms. The van der Waals surface area contributed by atoms with Crippen molar-refractivity contribution in [3.8, 4) is 83.9 Å². The fraction of sp³-hybridized carbons (Fsp3) is 0.264. The van der Waals surface area contributed by atoms with Crippen molar-refractivity contribution >= 4 is 83.9 Å². The van der Waals surface area contributed by atoms with Crippen LogP contribution in [-0.4, -0.2) is 11.3 Å². The van der Waals surface area contributed by atoms with Crippen molar-refractivity contribution in [2.45, 2.75) is 183 Å². The van der Waals surface area contributed by atoms with E-state index in [-0.39, 0.29) is 44.6 Å². The lowest BCUT2D eigenvalue weighted by Gasteiger charge is -2.42. The molecule has 0 radical (unpaired) electrons. The molecule has 15 aromatic rings. The first-order valence-corrected chi connectivity index (χ1v) is 40.1. The van der Waals surface area contributed by atoms with E-state index in [9.17, 15) is 0 Å². The number of fused-ring (bicyclic) bond motifs is 10.